The number of carbonyl (C=O) groups is 1. The van der Waals surface area contributed by atoms with Gasteiger partial charge in [0.15, 0.2) is 0 Å². The molecule has 1 aromatic rings. The van der Waals surface area contributed by atoms with E-state index in [0.29, 0.717) is 6.54 Å². The molecule has 0 bridgehead atoms. The van der Waals surface area contributed by atoms with Gasteiger partial charge >= 0.3 is 5.97 Å². The molecule has 2 aliphatic rings. The fourth-order valence-electron chi connectivity index (χ4n) is 2.97. The third-order valence-electron chi connectivity index (χ3n) is 4.30. The van der Waals surface area contributed by atoms with Gasteiger partial charge in [-0.05, 0) is 37.9 Å². The Hall–Kier alpha value is -1.55. The number of anilines is 1. The van der Waals surface area contributed by atoms with Crippen LogP contribution in [0.3, 0.4) is 0 Å². The van der Waals surface area contributed by atoms with E-state index in [4.69, 9.17) is 4.74 Å². The minimum absolute atomic E-state index is 0.0402. The van der Waals surface area contributed by atoms with Gasteiger partial charge in [-0.25, -0.2) is 0 Å². The van der Waals surface area contributed by atoms with E-state index in [9.17, 15) is 4.79 Å². The minimum Gasteiger partial charge on any atom is -0.462 e. The average Bonchev–Trinajstić information content (AvgIpc) is 2.49. The van der Waals surface area contributed by atoms with Gasteiger partial charge in [0, 0.05) is 25.3 Å². The summed E-state index contributed by atoms with van der Waals surface area (Å²) in [7, 11) is 2.11. The minimum atomic E-state index is -0.0513. The summed E-state index contributed by atoms with van der Waals surface area (Å²) in [5.74, 6) is -0.0916. The van der Waals surface area contributed by atoms with E-state index >= 15 is 0 Å². The topological polar surface area (TPSA) is 41.6 Å². The highest BCUT2D eigenvalue weighted by Crippen LogP contribution is 2.25. The van der Waals surface area contributed by atoms with E-state index in [2.05, 4.69) is 29.4 Å². The predicted molar refractivity (Wildman–Crippen MR) is 78.7 cm³/mol. The average molecular weight is 274 g/mol. The summed E-state index contributed by atoms with van der Waals surface area (Å²) in [5.41, 5.74) is 2.36. The third-order valence-corrected chi connectivity index (χ3v) is 4.30. The van der Waals surface area contributed by atoms with Crippen molar-refractivity contribution >= 4 is 11.7 Å². The van der Waals surface area contributed by atoms with Crippen LogP contribution in [0, 0.1) is 5.92 Å². The molecule has 0 spiro atoms. The van der Waals surface area contributed by atoms with Gasteiger partial charge in [0.2, 0.25) is 0 Å². The number of para-hydroxylation sites is 1. The SMILES string of the molecule is CN1CCC(OC(=O)C2CNc3ccccc3C2)CC1. The standard InChI is InChI=1S/C16H22N2O2/c1-18-8-6-14(7-9-18)20-16(19)13-10-12-4-2-3-5-15(12)17-11-13/h2-5,13-14,17H,6-11H2,1H3. The quantitative estimate of drug-likeness (QED) is 0.837. The van der Waals surface area contributed by atoms with Crippen molar-refractivity contribution in [3.8, 4) is 0 Å². The van der Waals surface area contributed by atoms with E-state index in [0.717, 1.165) is 38.0 Å². The first-order valence-electron chi connectivity index (χ1n) is 7.43. The number of fused-ring (bicyclic) bond motifs is 1. The van der Waals surface area contributed by atoms with Crippen LogP contribution in [0.2, 0.25) is 0 Å². The summed E-state index contributed by atoms with van der Waals surface area (Å²) in [6.45, 7) is 2.72. The molecule has 0 aliphatic carbocycles. The van der Waals surface area contributed by atoms with Crippen molar-refractivity contribution in [1.29, 1.82) is 0 Å². The molecule has 108 valence electrons. The Kier molecular flexibility index (Phi) is 3.92. The fraction of sp³-hybridized carbons (Fsp3) is 0.562. The summed E-state index contributed by atoms with van der Waals surface area (Å²) < 4.78 is 5.69. The highest BCUT2D eigenvalue weighted by atomic mass is 16.5. The lowest BCUT2D eigenvalue weighted by molar-refractivity contribution is -0.155. The van der Waals surface area contributed by atoms with Gasteiger partial charge in [0.25, 0.3) is 0 Å². The number of hydrogen-bond acceptors (Lipinski definition) is 4. The molecule has 4 heteroatoms. The Morgan fingerprint density at radius 2 is 2.05 bits per heavy atom. The highest BCUT2D eigenvalue weighted by molar-refractivity contribution is 5.75. The molecule has 2 heterocycles. The van der Waals surface area contributed by atoms with Crippen molar-refractivity contribution in [2.24, 2.45) is 5.92 Å². The Morgan fingerprint density at radius 3 is 2.85 bits per heavy atom. The molecule has 2 aliphatic heterocycles. The summed E-state index contributed by atoms with van der Waals surface area (Å²) in [5, 5.41) is 3.33. The van der Waals surface area contributed by atoms with E-state index in [-0.39, 0.29) is 18.0 Å². The van der Waals surface area contributed by atoms with Gasteiger partial charge in [-0.2, -0.15) is 0 Å². The lowest BCUT2D eigenvalue weighted by atomic mass is 9.94. The van der Waals surface area contributed by atoms with Crippen LogP contribution < -0.4 is 5.32 Å². The van der Waals surface area contributed by atoms with E-state index in [1.165, 1.54) is 5.56 Å². The van der Waals surface area contributed by atoms with E-state index in [1.54, 1.807) is 0 Å². The van der Waals surface area contributed by atoms with E-state index in [1.807, 2.05) is 12.1 Å². The molecule has 1 atom stereocenters. The molecule has 0 saturated carbocycles. The molecular weight excluding hydrogens is 252 g/mol. The number of piperidine rings is 1. The van der Waals surface area contributed by atoms with Crippen LogP contribution >= 0.6 is 0 Å². The fourth-order valence-corrected chi connectivity index (χ4v) is 2.97. The number of ether oxygens (including phenoxy) is 1. The maximum Gasteiger partial charge on any atom is 0.311 e. The number of nitrogens with one attached hydrogen (secondary N) is 1. The Balaban J connectivity index is 1.56. The van der Waals surface area contributed by atoms with Crippen LogP contribution in [-0.2, 0) is 16.0 Å². The van der Waals surface area contributed by atoms with Crippen molar-refractivity contribution in [3.05, 3.63) is 29.8 Å². The maximum atomic E-state index is 12.3. The summed E-state index contributed by atoms with van der Waals surface area (Å²) in [6, 6.07) is 8.18. The first kappa shape index (κ1) is 13.4. The number of esters is 1. The molecule has 0 amide bonds. The van der Waals surface area contributed by atoms with Crippen molar-refractivity contribution in [2.45, 2.75) is 25.4 Å². The van der Waals surface area contributed by atoms with E-state index < -0.39 is 0 Å². The van der Waals surface area contributed by atoms with Crippen LogP contribution in [0.25, 0.3) is 0 Å². The number of benzene rings is 1. The molecule has 1 unspecified atom stereocenters. The number of hydrogen-bond donors (Lipinski definition) is 1. The van der Waals surface area contributed by atoms with Crippen LogP contribution in [0.4, 0.5) is 5.69 Å². The molecule has 20 heavy (non-hydrogen) atoms. The monoisotopic (exact) mass is 274 g/mol. The Labute approximate surface area is 120 Å². The van der Waals surface area contributed by atoms with Crippen LogP contribution in [0.15, 0.2) is 24.3 Å². The zero-order valence-corrected chi connectivity index (χ0v) is 12.0. The number of carbonyl (C=O) groups excluding carboxylic acids is 1. The number of nitrogens with zero attached hydrogens (tertiary/aromatic N) is 1. The second-order valence-corrected chi connectivity index (χ2v) is 5.88. The Morgan fingerprint density at radius 1 is 1.30 bits per heavy atom. The van der Waals surface area contributed by atoms with Gasteiger partial charge < -0.3 is 15.0 Å². The Bertz CT molecular complexity index is 481. The van der Waals surface area contributed by atoms with Crippen molar-refractivity contribution in [3.63, 3.8) is 0 Å². The molecule has 1 saturated heterocycles. The normalized spacial score (nSPS) is 23.8. The molecule has 1 N–H and O–H groups in total. The zero-order valence-electron chi connectivity index (χ0n) is 12.0. The van der Waals surface area contributed by atoms with Gasteiger partial charge in [0.1, 0.15) is 6.10 Å². The van der Waals surface area contributed by atoms with Crippen LogP contribution in [-0.4, -0.2) is 43.7 Å². The smallest absolute Gasteiger partial charge is 0.311 e. The van der Waals surface area contributed by atoms with Crippen LogP contribution in [0.1, 0.15) is 18.4 Å². The molecule has 1 aromatic carbocycles. The molecule has 0 aromatic heterocycles. The number of rotatable bonds is 2. The van der Waals surface area contributed by atoms with Gasteiger partial charge in [-0.1, -0.05) is 18.2 Å². The first-order chi connectivity index (χ1) is 9.72. The molecule has 3 rings (SSSR count). The first-order valence-corrected chi connectivity index (χ1v) is 7.43. The van der Waals surface area contributed by atoms with Crippen molar-refractivity contribution < 1.29 is 9.53 Å². The van der Waals surface area contributed by atoms with Gasteiger partial charge in [-0.3, -0.25) is 4.79 Å². The zero-order chi connectivity index (χ0) is 13.9. The lowest BCUT2D eigenvalue weighted by Gasteiger charge is -2.31. The lowest BCUT2D eigenvalue weighted by Crippen LogP contribution is -2.38. The third kappa shape index (κ3) is 2.96. The predicted octanol–water partition coefficient (Wildman–Crippen LogP) is 1.91. The molecular formula is C16H22N2O2. The molecule has 1 fully saturated rings. The highest BCUT2D eigenvalue weighted by Gasteiger charge is 2.28. The largest absolute Gasteiger partial charge is 0.462 e. The summed E-state index contributed by atoms with van der Waals surface area (Å²) >= 11 is 0. The molecule has 0 radical (unpaired) electrons. The summed E-state index contributed by atoms with van der Waals surface area (Å²) in [6.07, 6.45) is 2.81. The summed E-state index contributed by atoms with van der Waals surface area (Å²) in [4.78, 5) is 14.6. The van der Waals surface area contributed by atoms with Crippen molar-refractivity contribution in [1.82, 2.24) is 4.90 Å². The maximum absolute atomic E-state index is 12.3. The molecule has 4 nitrogen and oxygen atoms in total. The van der Waals surface area contributed by atoms with Crippen LogP contribution in [0.5, 0.6) is 0 Å². The second-order valence-electron chi connectivity index (χ2n) is 5.88. The second kappa shape index (κ2) is 5.83. The van der Waals surface area contributed by atoms with Gasteiger partial charge in [0.05, 0.1) is 5.92 Å². The van der Waals surface area contributed by atoms with Crippen molar-refractivity contribution in [2.75, 3.05) is 32.0 Å². The number of likely N-dealkylation sites (tertiary alicyclic amines) is 1. The van der Waals surface area contributed by atoms with Gasteiger partial charge in [-0.15, -0.1) is 0 Å².